The van der Waals surface area contributed by atoms with Crippen LogP contribution >= 0.6 is 11.3 Å². The van der Waals surface area contributed by atoms with Crippen molar-refractivity contribution in [2.24, 2.45) is 5.92 Å². The van der Waals surface area contributed by atoms with Gasteiger partial charge in [0.15, 0.2) is 0 Å². The Balaban J connectivity index is 1.40. The zero-order chi connectivity index (χ0) is 19.5. The normalized spacial score (nSPS) is 13.8. The van der Waals surface area contributed by atoms with Gasteiger partial charge in [-0.25, -0.2) is 4.98 Å². The number of rotatable bonds is 8. The van der Waals surface area contributed by atoms with Gasteiger partial charge in [0.1, 0.15) is 17.4 Å². The highest BCUT2D eigenvalue weighted by Crippen LogP contribution is 2.30. The number of thiazole rings is 1. The number of nitrogens with zero attached hydrogens (tertiary/aromatic N) is 2. The molecule has 4 rings (SSSR count). The van der Waals surface area contributed by atoms with Gasteiger partial charge in [0.25, 0.3) is 0 Å². The molecule has 4 nitrogen and oxygen atoms in total. The molecule has 0 atom stereocenters. The van der Waals surface area contributed by atoms with E-state index in [2.05, 4.69) is 37.4 Å². The van der Waals surface area contributed by atoms with Gasteiger partial charge in [-0.2, -0.15) is 0 Å². The van der Waals surface area contributed by atoms with Crippen LogP contribution in [0, 0.1) is 5.92 Å². The molecule has 1 fully saturated rings. The van der Waals surface area contributed by atoms with Crippen molar-refractivity contribution in [1.29, 1.82) is 0 Å². The average Bonchev–Trinajstić information content (AvgIpc) is 3.42. The Hall–Kier alpha value is -2.40. The van der Waals surface area contributed by atoms with Crippen molar-refractivity contribution in [3.8, 4) is 5.75 Å². The van der Waals surface area contributed by atoms with Gasteiger partial charge in [-0.1, -0.05) is 50.2 Å². The van der Waals surface area contributed by atoms with E-state index < -0.39 is 0 Å². The van der Waals surface area contributed by atoms with Crippen LogP contribution in [0.15, 0.2) is 47.8 Å². The Bertz CT molecular complexity index is 957. The molecule has 1 aromatic heterocycles. The predicted octanol–water partition coefficient (Wildman–Crippen LogP) is 5.41. The third-order valence-corrected chi connectivity index (χ3v) is 5.79. The second-order valence-electron chi connectivity index (χ2n) is 7.85. The third kappa shape index (κ3) is 4.53. The zero-order valence-corrected chi connectivity index (χ0v) is 17.2. The van der Waals surface area contributed by atoms with E-state index in [0.29, 0.717) is 31.5 Å². The van der Waals surface area contributed by atoms with E-state index in [1.165, 1.54) is 5.39 Å². The van der Waals surface area contributed by atoms with Gasteiger partial charge in [0, 0.05) is 23.2 Å². The summed E-state index contributed by atoms with van der Waals surface area (Å²) in [5, 5.41) is 5.28. The van der Waals surface area contributed by atoms with Gasteiger partial charge in [-0.05, 0) is 30.2 Å². The van der Waals surface area contributed by atoms with E-state index in [9.17, 15) is 4.79 Å². The molecule has 2 aromatic carbocycles. The van der Waals surface area contributed by atoms with Crippen LogP contribution in [-0.2, 0) is 17.9 Å². The molecule has 3 aromatic rings. The van der Waals surface area contributed by atoms with E-state index in [-0.39, 0.29) is 5.91 Å². The number of hydrogen-bond acceptors (Lipinski definition) is 4. The number of carbonyl (C=O) groups is 1. The summed E-state index contributed by atoms with van der Waals surface area (Å²) in [7, 11) is 0. The van der Waals surface area contributed by atoms with E-state index in [0.717, 1.165) is 34.7 Å². The molecule has 0 N–H and O–H groups in total. The highest BCUT2D eigenvalue weighted by Gasteiger charge is 2.33. The number of fused-ring (bicyclic) bond motifs is 1. The van der Waals surface area contributed by atoms with Gasteiger partial charge in [0.05, 0.1) is 12.2 Å². The first-order valence-corrected chi connectivity index (χ1v) is 10.8. The van der Waals surface area contributed by atoms with Crippen molar-refractivity contribution in [3.63, 3.8) is 0 Å². The average molecular weight is 395 g/mol. The van der Waals surface area contributed by atoms with E-state index in [1.807, 2.05) is 29.2 Å². The maximum Gasteiger partial charge on any atom is 0.223 e. The summed E-state index contributed by atoms with van der Waals surface area (Å²) in [4.78, 5) is 19.3. The Morgan fingerprint density at radius 1 is 1.21 bits per heavy atom. The van der Waals surface area contributed by atoms with Gasteiger partial charge < -0.3 is 9.64 Å². The summed E-state index contributed by atoms with van der Waals surface area (Å²) in [6.07, 6.45) is 2.84. The minimum Gasteiger partial charge on any atom is -0.486 e. The van der Waals surface area contributed by atoms with Crippen molar-refractivity contribution < 1.29 is 9.53 Å². The standard InChI is InChI=1S/C23H26N2O2S/c1-16(2)12-23(26)25(19-10-11-19)13-18-15-28-22(24-18)14-27-21-9-5-7-17-6-3-4-8-20(17)21/h3-9,15-16,19H,10-14H2,1-2H3. The highest BCUT2D eigenvalue weighted by atomic mass is 32.1. The van der Waals surface area contributed by atoms with Crippen LogP contribution in [0.5, 0.6) is 5.75 Å². The predicted molar refractivity (Wildman–Crippen MR) is 113 cm³/mol. The first kappa shape index (κ1) is 18.9. The van der Waals surface area contributed by atoms with Gasteiger partial charge in [-0.15, -0.1) is 11.3 Å². The molecule has 1 heterocycles. The summed E-state index contributed by atoms with van der Waals surface area (Å²) < 4.78 is 6.05. The number of amides is 1. The van der Waals surface area contributed by atoms with Crippen molar-refractivity contribution in [3.05, 3.63) is 58.5 Å². The van der Waals surface area contributed by atoms with Crippen molar-refractivity contribution >= 4 is 28.0 Å². The largest absolute Gasteiger partial charge is 0.486 e. The maximum absolute atomic E-state index is 12.6. The molecule has 0 spiro atoms. The molecule has 28 heavy (non-hydrogen) atoms. The summed E-state index contributed by atoms with van der Waals surface area (Å²) >= 11 is 1.60. The van der Waals surface area contributed by atoms with E-state index >= 15 is 0 Å². The van der Waals surface area contributed by atoms with Gasteiger partial charge in [-0.3, -0.25) is 4.79 Å². The fourth-order valence-electron chi connectivity index (χ4n) is 3.40. The maximum atomic E-state index is 12.6. The van der Waals surface area contributed by atoms with Crippen LogP contribution in [0.4, 0.5) is 0 Å². The summed E-state index contributed by atoms with van der Waals surface area (Å²) in [5.74, 6) is 1.51. The number of hydrogen-bond donors (Lipinski definition) is 0. The van der Waals surface area contributed by atoms with Crippen LogP contribution in [-0.4, -0.2) is 21.8 Å². The number of benzene rings is 2. The molecule has 5 heteroatoms. The van der Waals surface area contributed by atoms with Crippen LogP contribution in [0.1, 0.15) is 43.8 Å². The summed E-state index contributed by atoms with van der Waals surface area (Å²) in [6.45, 7) is 5.24. The quantitative estimate of drug-likeness (QED) is 0.513. The topological polar surface area (TPSA) is 42.4 Å². The lowest BCUT2D eigenvalue weighted by Gasteiger charge is -2.22. The monoisotopic (exact) mass is 394 g/mol. The van der Waals surface area contributed by atoms with E-state index in [1.54, 1.807) is 11.3 Å². The molecule has 0 aliphatic heterocycles. The van der Waals surface area contributed by atoms with Crippen LogP contribution < -0.4 is 4.74 Å². The van der Waals surface area contributed by atoms with Crippen LogP contribution in [0.25, 0.3) is 10.8 Å². The minimum absolute atomic E-state index is 0.249. The van der Waals surface area contributed by atoms with Crippen molar-refractivity contribution in [2.45, 2.75) is 52.3 Å². The second-order valence-corrected chi connectivity index (χ2v) is 8.79. The fraction of sp³-hybridized carbons (Fsp3) is 0.391. The third-order valence-electron chi connectivity index (χ3n) is 4.92. The molecule has 0 bridgehead atoms. The first-order chi connectivity index (χ1) is 13.6. The van der Waals surface area contributed by atoms with Crippen molar-refractivity contribution in [2.75, 3.05) is 0 Å². The molecule has 146 valence electrons. The number of carbonyl (C=O) groups excluding carboxylic acids is 1. The van der Waals surface area contributed by atoms with Gasteiger partial charge >= 0.3 is 0 Å². The van der Waals surface area contributed by atoms with Crippen LogP contribution in [0.3, 0.4) is 0 Å². The Morgan fingerprint density at radius 3 is 2.79 bits per heavy atom. The molecule has 1 aliphatic rings. The van der Waals surface area contributed by atoms with E-state index in [4.69, 9.17) is 9.72 Å². The number of aromatic nitrogens is 1. The molecular weight excluding hydrogens is 368 g/mol. The zero-order valence-electron chi connectivity index (χ0n) is 16.4. The molecule has 0 unspecified atom stereocenters. The molecule has 0 radical (unpaired) electrons. The lowest BCUT2D eigenvalue weighted by atomic mass is 10.1. The first-order valence-electron chi connectivity index (χ1n) is 9.93. The molecule has 1 aliphatic carbocycles. The molecule has 1 amide bonds. The Morgan fingerprint density at radius 2 is 2.00 bits per heavy atom. The lowest BCUT2D eigenvalue weighted by molar-refractivity contribution is -0.133. The smallest absolute Gasteiger partial charge is 0.223 e. The van der Waals surface area contributed by atoms with Crippen molar-refractivity contribution in [1.82, 2.24) is 9.88 Å². The summed E-state index contributed by atoms with van der Waals surface area (Å²) in [6, 6.07) is 14.7. The van der Waals surface area contributed by atoms with Crippen LogP contribution in [0.2, 0.25) is 0 Å². The lowest BCUT2D eigenvalue weighted by Crippen LogP contribution is -2.33. The molecule has 0 saturated heterocycles. The Labute approximate surface area is 170 Å². The molecule has 1 saturated carbocycles. The Kier molecular flexibility index (Phi) is 5.62. The SMILES string of the molecule is CC(C)CC(=O)N(Cc1csc(COc2cccc3ccccc23)n1)C1CC1. The number of ether oxygens (including phenoxy) is 1. The van der Waals surface area contributed by atoms with Gasteiger partial charge in [0.2, 0.25) is 5.91 Å². The second kappa shape index (κ2) is 8.31. The fourth-order valence-corrected chi connectivity index (χ4v) is 4.09. The highest BCUT2D eigenvalue weighted by molar-refractivity contribution is 7.09. The summed E-state index contributed by atoms with van der Waals surface area (Å²) in [5.41, 5.74) is 0.963. The minimum atomic E-state index is 0.249. The molecular formula is C23H26N2O2S.